The van der Waals surface area contributed by atoms with Gasteiger partial charge in [0.15, 0.2) is 5.76 Å². The van der Waals surface area contributed by atoms with E-state index in [2.05, 4.69) is 22.1 Å². The van der Waals surface area contributed by atoms with Crippen molar-refractivity contribution in [1.82, 2.24) is 19.6 Å². The molecule has 3 aromatic rings. The number of nitrogens with one attached hydrogen (secondary N) is 1. The van der Waals surface area contributed by atoms with Gasteiger partial charge in [-0.3, -0.25) is 9.69 Å². The summed E-state index contributed by atoms with van der Waals surface area (Å²) in [4.78, 5) is 19.3. The zero-order valence-corrected chi connectivity index (χ0v) is 15.7. The van der Waals surface area contributed by atoms with Gasteiger partial charge < -0.3 is 14.1 Å². The van der Waals surface area contributed by atoms with Gasteiger partial charge in [-0.05, 0) is 57.1 Å². The first-order valence-corrected chi connectivity index (χ1v) is 9.75. The number of carbonyl (C=O) groups excluding carboxylic acids is 1. The number of pyridine rings is 1. The highest BCUT2D eigenvalue weighted by Gasteiger charge is 2.22. The lowest BCUT2D eigenvalue weighted by molar-refractivity contribution is 0.0917. The molecule has 4 heterocycles. The molecule has 1 amide bonds. The highest BCUT2D eigenvalue weighted by molar-refractivity contribution is 5.91. The van der Waals surface area contributed by atoms with Crippen LogP contribution in [0.3, 0.4) is 0 Å². The van der Waals surface area contributed by atoms with E-state index in [-0.39, 0.29) is 11.9 Å². The van der Waals surface area contributed by atoms with Crippen molar-refractivity contribution in [3.05, 3.63) is 59.9 Å². The normalized spacial score (nSPS) is 16.5. The average Bonchev–Trinajstić information content (AvgIpc) is 3.35. The molecule has 1 aliphatic rings. The molecule has 6 nitrogen and oxygen atoms in total. The lowest BCUT2D eigenvalue weighted by Crippen LogP contribution is -2.32. The molecule has 0 aliphatic carbocycles. The summed E-state index contributed by atoms with van der Waals surface area (Å²) in [5.74, 6) is 1.07. The van der Waals surface area contributed by atoms with Gasteiger partial charge in [-0.15, -0.1) is 0 Å². The third-order valence-corrected chi connectivity index (χ3v) is 5.28. The van der Waals surface area contributed by atoms with Gasteiger partial charge in [0.05, 0.1) is 11.7 Å². The predicted octanol–water partition coefficient (Wildman–Crippen LogP) is 3.45. The third kappa shape index (κ3) is 4.06. The number of fused-ring (bicyclic) bond motifs is 1. The zero-order chi connectivity index (χ0) is 18.6. The Morgan fingerprint density at radius 3 is 2.89 bits per heavy atom. The first kappa shape index (κ1) is 17.8. The maximum atomic E-state index is 12.4. The highest BCUT2D eigenvalue weighted by Crippen LogP contribution is 2.25. The lowest BCUT2D eigenvalue weighted by atomic mass is 10.1. The van der Waals surface area contributed by atoms with E-state index in [1.807, 2.05) is 41.1 Å². The Morgan fingerprint density at radius 1 is 1.22 bits per heavy atom. The second-order valence-corrected chi connectivity index (χ2v) is 7.18. The van der Waals surface area contributed by atoms with Crippen molar-refractivity contribution < 1.29 is 9.21 Å². The standard InChI is InChI=1S/C21H26N4O2/c1-16(24-12-4-2-5-13-24)18-8-9-19(27-18)21(26)22-11-10-17-15-25-14-6-3-7-20(25)23-17/h3,6-9,14-16H,2,4-5,10-13H2,1H3,(H,22,26). The largest absolute Gasteiger partial charge is 0.454 e. The minimum absolute atomic E-state index is 0.171. The van der Waals surface area contributed by atoms with E-state index in [0.717, 1.165) is 30.2 Å². The van der Waals surface area contributed by atoms with Crippen LogP contribution in [0.5, 0.6) is 0 Å². The Morgan fingerprint density at radius 2 is 2.07 bits per heavy atom. The Bertz CT molecular complexity index is 875. The highest BCUT2D eigenvalue weighted by atomic mass is 16.4. The van der Waals surface area contributed by atoms with Gasteiger partial charge in [0.1, 0.15) is 11.4 Å². The molecule has 3 aromatic heterocycles. The molecule has 1 atom stereocenters. The quantitative estimate of drug-likeness (QED) is 0.726. The van der Waals surface area contributed by atoms with Gasteiger partial charge in [-0.1, -0.05) is 12.5 Å². The summed E-state index contributed by atoms with van der Waals surface area (Å²) in [7, 11) is 0. The van der Waals surface area contributed by atoms with Crippen molar-refractivity contribution in [2.24, 2.45) is 0 Å². The monoisotopic (exact) mass is 366 g/mol. The molecule has 1 unspecified atom stereocenters. The molecule has 0 aromatic carbocycles. The lowest BCUT2D eigenvalue weighted by Gasteiger charge is -2.31. The number of likely N-dealkylation sites (tertiary alicyclic amines) is 1. The second-order valence-electron chi connectivity index (χ2n) is 7.18. The fraction of sp³-hybridized carbons (Fsp3) is 0.429. The number of rotatable bonds is 6. The van der Waals surface area contributed by atoms with Crippen molar-refractivity contribution in [1.29, 1.82) is 0 Å². The van der Waals surface area contributed by atoms with Crippen molar-refractivity contribution in [3.8, 4) is 0 Å². The Labute approximate surface area is 159 Å². The number of piperidine rings is 1. The van der Waals surface area contributed by atoms with Crippen LogP contribution in [0.1, 0.15) is 54.2 Å². The molecule has 0 bridgehead atoms. The summed E-state index contributed by atoms with van der Waals surface area (Å²) >= 11 is 0. The zero-order valence-electron chi connectivity index (χ0n) is 15.7. The van der Waals surface area contributed by atoms with Crippen molar-refractivity contribution in [2.75, 3.05) is 19.6 Å². The van der Waals surface area contributed by atoms with E-state index in [0.29, 0.717) is 18.7 Å². The van der Waals surface area contributed by atoms with Crippen LogP contribution in [0, 0.1) is 0 Å². The number of nitrogens with zero attached hydrogens (tertiary/aromatic N) is 3. The van der Waals surface area contributed by atoms with Crippen LogP contribution in [0.15, 0.2) is 47.1 Å². The topological polar surface area (TPSA) is 62.8 Å². The number of carbonyl (C=O) groups is 1. The van der Waals surface area contributed by atoms with Gasteiger partial charge in [0, 0.05) is 25.4 Å². The molecular weight excluding hydrogens is 340 g/mol. The first-order valence-electron chi connectivity index (χ1n) is 9.75. The van der Waals surface area contributed by atoms with Gasteiger partial charge in [-0.2, -0.15) is 0 Å². The number of aromatic nitrogens is 2. The van der Waals surface area contributed by atoms with Gasteiger partial charge in [0.2, 0.25) is 0 Å². The Balaban J connectivity index is 1.31. The first-order chi connectivity index (χ1) is 13.2. The van der Waals surface area contributed by atoms with Gasteiger partial charge in [-0.25, -0.2) is 4.98 Å². The van der Waals surface area contributed by atoms with E-state index in [9.17, 15) is 4.79 Å². The summed E-state index contributed by atoms with van der Waals surface area (Å²) in [6.07, 6.45) is 8.43. The molecule has 1 saturated heterocycles. The van der Waals surface area contributed by atoms with E-state index in [1.54, 1.807) is 6.07 Å². The SMILES string of the molecule is CC(c1ccc(C(=O)NCCc2cn3ccccc3n2)o1)N1CCCCC1. The molecule has 4 rings (SSSR count). The fourth-order valence-electron chi connectivity index (χ4n) is 3.68. The molecule has 0 spiro atoms. The number of hydrogen-bond donors (Lipinski definition) is 1. The van der Waals surface area contributed by atoms with Crippen molar-refractivity contribution in [2.45, 2.75) is 38.6 Å². The van der Waals surface area contributed by atoms with Crippen LogP contribution in [-0.4, -0.2) is 39.8 Å². The maximum Gasteiger partial charge on any atom is 0.287 e. The van der Waals surface area contributed by atoms with Crippen LogP contribution in [0.25, 0.3) is 5.65 Å². The number of imidazole rings is 1. The fourth-order valence-corrected chi connectivity index (χ4v) is 3.68. The van der Waals surface area contributed by atoms with E-state index in [1.165, 1.54) is 19.3 Å². The van der Waals surface area contributed by atoms with Crippen LogP contribution >= 0.6 is 0 Å². The van der Waals surface area contributed by atoms with E-state index < -0.39 is 0 Å². The van der Waals surface area contributed by atoms with Crippen LogP contribution in [-0.2, 0) is 6.42 Å². The van der Waals surface area contributed by atoms with Gasteiger partial charge >= 0.3 is 0 Å². The smallest absolute Gasteiger partial charge is 0.287 e. The second kappa shape index (κ2) is 7.96. The molecule has 142 valence electrons. The van der Waals surface area contributed by atoms with E-state index >= 15 is 0 Å². The average molecular weight is 366 g/mol. The molecular formula is C21H26N4O2. The third-order valence-electron chi connectivity index (χ3n) is 5.28. The number of hydrogen-bond acceptors (Lipinski definition) is 4. The van der Waals surface area contributed by atoms with E-state index in [4.69, 9.17) is 4.42 Å². The Hall–Kier alpha value is -2.60. The maximum absolute atomic E-state index is 12.4. The summed E-state index contributed by atoms with van der Waals surface area (Å²) in [6, 6.07) is 9.82. The molecule has 27 heavy (non-hydrogen) atoms. The summed E-state index contributed by atoms with van der Waals surface area (Å²) < 4.78 is 7.82. The molecule has 0 saturated carbocycles. The molecule has 1 N–H and O–H groups in total. The predicted molar refractivity (Wildman–Crippen MR) is 104 cm³/mol. The van der Waals surface area contributed by atoms with Gasteiger partial charge in [0.25, 0.3) is 5.91 Å². The minimum Gasteiger partial charge on any atom is -0.454 e. The molecule has 1 aliphatic heterocycles. The molecule has 1 fully saturated rings. The Kier molecular flexibility index (Phi) is 5.25. The van der Waals surface area contributed by atoms with Crippen LogP contribution < -0.4 is 5.32 Å². The minimum atomic E-state index is -0.171. The van der Waals surface area contributed by atoms with Crippen LogP contribution in [0.2, 0.25) is 0 Å². The molecule has 0 radical (unpaired) electrons. The number of furan rings is 1. The summed E-state index contributed by atoms with van der Waals surface area (Å²) in [5.41, 5.74) is 1.88. The van der Waals surface area contributed by atoms with Crippen LogP contribution in [0.4, 0.5) is 0 Å². The van der Waals surface area contributed by atoms with Crippen molar-refractivity contribution in [3.63, 3.8) is 0 Å². The summed E-state index contributed by atoms with van der Waals surface area (Å²) in [6.45, 7) is 4.88. The molecule has 6 heteroatoms. The number of amides is 1. The summed E-state index contributed by atoms with van der Waals surface area (Å²) in [5, 5.41) is 2.93. The van der Waals surface area contributed by atoms with Crippen molar-refractivity contribution >= 4 is 11.6 Å².